The lowest BCUT2D eigenvalue weighted by atomic mass is 10.0. The Morgan fingerprint density at radius 2 is 0.844 bits per heavy atom. The molecule has 0 atom stereocenters. The molecular weight excluding hydrogens is 392 g/mol. The maximum atomic E-state index is 4.73. The molecule has 0 aliphatic carbocycles. The molecule has 6 rings (SSSR count). The summed E-state index contributed by atoms with van der Waals surface area (Å²) < 4.78 is 0. The van der Waals surface area contributed by atoms with Gasteiger partial charge in [-0.1, -0.05) is 60.7 Å². The summed E-state index contributed by atoms with van der Waals surface area (Å²) >= 11 is 0. The maximum absolute atomic E-state index is 4.73. The fraction of sp³-hybridized carbons (Fsp3) is 0.0714. The molecule has 4 aromatic carbocycles. The largest absolute Gasteiger partial charge is 0.338 e. The molecule has 32 heavy (non-hydrogen) atoms. The van der Waals surface area contributed by atoms with Crippen LogP contribution in [0, 0.1) is 13.8 Å². The number of aromatic amines is 2. The lowest BCUT2D eigenvalue weighted by Crippen LogP contribution is -1.84. The average molecular weight is 415 g/mol. The number of H-pyrrole nitrogens is 2. The van der Waals surface area contributed by atoms with E-state index in [2.05, 4.69) is 109 Å². The lowest BCUT2D eigenvalue weighted by molar-refractivity contribution is 1.33. The molecule has 2 heterocycles. The van der Waals surface area contributed by atoms with E-state index in [0.717, 1.165) is 44.8 Å². The summed E-state index contributed by atoms with van der Waals surface area (Å²) in [6, 6.07) is 29.6. The van der Waals surface area contributed by atoms with Crippen LogP contribution in [0.4, 0.5) is 0 Å². The number of aryl methyl sites for hydroxylation is 2. The van der Waals surface area contributed by atoms with E-state index >= 15 is 0 Å². The van der Waals surface area contributed by atoms with E-state index in [1.807, 2.05) is 0 Å². The third-order valence-electron chi connectivity index (χ3n) is 5.92. The van der Waals surface area contributed by atoms with Crippen molar-refractivity contribution in [3.63, 3.8) is 0 Å². The third kappa shape index (κ3) is 3.26. The second-order valence-electron chi connectivity index (χ2n) is 8.37. The highest BCUT2D eigenvalue weighted by Crippen LogP contribution is 2.28. The Kier molecular flexibility index (Phi) is 4.18. The summed E-state index contributed by atoms with van der Waals surface area (Å²) in [5.74, 6) is 1.79. The average Bonchev–Trinajstić information content (AvgIpc) is 3.43. The van der Waals surface area contributed by atoms with E-state index in [1.54, 1.807) is 0 Å². The molecular formula is C28H22N4. The summed E-state index contributed by atoms with van der Waals surface area (Å²) in [5.41, 5.74) is 11.1. The number of nitrogens with zero attached hydrogens (tertiary/aromatic N) is 2. The zero-order valence-electron chi connectivity index (χ0n) is 18.0. The van der Waals surface area contributed by atoms with Gasteiger partial charge in [0.2, 0.25) is 0 Å². The summed E-state index contributed by atoms with van der Waals surface area (Å²) in [7, 11) is 0. The summed E-state index contributed by atoms with van der Waals surface area (Å²) in [4.78, 5) is 16.3. The van der Waals surface area contributed by atoms with Crippen molar-refractivity contribution in [3.8, 4) is 33.9 Å². The fourth-order valence-electron chi connectivity index (χ4n) is 4.16. The van der Waals surface area contributed by atoms with E-state index in [-0.39, 0.29) is 0 Å². The normalized spacial score (nSPS) is 11.4. The third-order valence-corrected chi connectivity index (χ3v) is 5.92. The first-order valence-corrected chi connectivity index (χ1v) is 10.8. The molecule has 0 fully saturated rings. The maximum Gasteiger partial charge on any atom is 0.138 e. The van der Waals surface area contributed by atoms with Gasteiger partial charge in [-0.15, -0.1) is 0 Å². The van der Waals surface area contributed by atoms with Gasteiger partial charge in [0.15, 0.2) is 0 Å². The quantitative estimate of drug-likeness (QED) is 0.326. The Labute approximate surface area is 186 Å². The highest BCUT2D eigenvalue weighted by atomic mass is 14.9. The van der Waals surface area contributed by atoms with Gasteiger partial charge in [0.05, 0.1) is 22.1 Å². The number of imidazole rings is 2. The first kappa shape index (κ1) is 18.6. The Hall–Kier alpha value is -4.18. The number of aromatic nitrogens is 4. The SMILES string of the molecule is Cc1ccc2nc(-c3ccc(-c4ccc(-c5nc6ccc(C)cc6[nH]5)cc4)cc3)[nH]c2c1. The molecule has 2 aromatic heterocycles. The van der Waals surface area contributed by atoms with Gasteiger partial charge < -0.3 is 9.97 Å². The topological polar surface area (TPSA) is 57.4 Å². The number of nitrogens with one attached hydrogen (secondary N) is 2. The first-order valence-electron chi connectivity index (χ1n) is 10.8. The van der Waals surface area contributed by atoms with E-state index in [0.29, 0.717) is 0 Å². The van der Waals surface area contributed by atoms with Crippen molar-refractivity contribution in [1.29, 1.82) is 0 Å². The van der Waals surface area contributed by atoms with Crippen LogP contribution in [0.3, 0.4) is 0 Å². The fourth-order valence-corrected chi connectivity index (χ4v) is 4.16. The molecule has 0 aliphatic rings. The predicted octanol–water partition coefficient (Wildman–Crippen LogP) is 7.06. The van der Waals surface area contributed by atoms with E-state index < -0.39 is 0 Å². The number of hydrogen-bond acceptors (Lipinski definition) is 2. The zero-order chi connectivity index (χ0) is 21.7. The van der Waals surface area contributed by atoms with Crippen LogP contribution in [0.2, 0.25) is 0 Å². The van der Waals surface area contributed by atoms with Crippen LogP contribution in [0.15, 0.2) is 84.9 Å². The Balaban J connectivity index is 1.27. The molecule has 0 spiro atoms. The molecule has 6 aromatic rings. The molecule has 0 amide bonds. The second-order valence-corrected chi connectivity index (χ2v) is 8.37. The minimum atomic E-state index is 0.896. The standard InChI is InChI=1S/C28H22N4/c1-17-3-13-23-25(15-17)31-27(29-23)21-9-5-19(6-10-21)20-7-11-22(12-8-20)28-30-24-14-4-18(2)16-26(24)32-28/h3-16H,1-2H3,(H,29,31)(H,30,32). The van der Waals surface area contributed by atoms with Gasteiger partial charge in [0.1, 0.15) is 11.6 Å². The van der Waals surface area contributed by atoms with E-state index in [9.17, 15) is 0 Å². The number of benzene rings is 4. The van der Waals surface area contributed by atoms with Crippen molar-refractivity contribution < 1.29 is 0 Å². The van der Waals surface area contributed by atoms with Crippen LogP contribution < -0.4 is 0 Å². The van der Waals surface area contributed by atoms with Crippen LogP contribution in [0.1, 0.15) is 11.1 Å². The van der Waals surface area contributed by atoms with Crippen molar-refractivity contribution in [3.05, 3.63) is 96.1 Å². The van der Waals surface area contributed by atoms with Crippen molar-refractivity contribution in [1.82, 2.24) is 19.9 Å². The molecule has 0 radical (unpaired) electrons. The van der Waals surface area contributed by atoms with Crippen LogP contribution in [0.5, 0.6) is 0 Å². The summed E-state index contributed by atoms with van der Waals surface area (Å²) in [6.07, 6.45) is 0. The van der Waals surface area contributed by atoms with Crippen LogP contribution in [0.25, 0.3) is 56.0 Å². The Morgan fingerprint density at radius 3 is 1.25 bits per heavy atom. The molecule has 2 N–H and O–H groups in total. The summed E-state index contributed by atoms with van der Waals surface area (Å²) in [5, 5.41) is 0. The molecule has 154 valence electrons. The first-order chi connectivity index (χ1) is 15.6. The molecule has 4 nitrogen and oxygen atoms in total. The smallest absolute Gasteiger partial charge is 0.138 e. The number of hydrogen-bond donors (Lipinski definition) is 2. The zero-order valence-corrected chi connectivity index (χ0v) is 18.0. The Morgan fingerprint density at radius 1 is 0.469 bits per heavy atom. The van der Waals surface area contributed by atoms with E-state index in [4.69, 9.17) is 9.97 Å². The van der Waals surface area contributed by atoms with Gasteiger partial charge in [-0.25, -0.2) is 9.97 Å². The van der Waals surface area contributed by atoms with Crippen molar-refractivity contribution in [2.45, 2.75) is 13.8 Å². The van der Waals surface area contributed by atoms with Crippen LogP contribution >= 0.6 is 0 Å². The van der Waals surface area contributed by atoms with Crippen LogP contribution in [-0.4, -0.2) is 19.9 Å². The van der Waals surface area contributed by atoms with Gasteiger partial charge >= 0.3 is 0 Å². The Bertz CT molecular complexity index is 1450. The number of rotatable bonds is 3. The molecule has 0 saturated carbocycles. The highest BCUT2D eigenvalue weighted by Gasteiger charge is 2.08. The monoisotopic (exact) mass is 414 g/mol. The van der Waals surface area contributed by atoms with Gasteiger partial charge in [-0.2, -0.15) is 0 Å². The van der Waals surface area contributed by atoms with Crippen molar-refractivity contribution >= 4 is 22.1 Å². The number of fused-ring (bicyclic) bond motifs is 2. The highest BCUT2D eigenvalue weighted by molar-refractivity contribution is 5.82. The van der Waals surface area contributed by atoms with Gasteiger partial charge in [0.25, 0.3) is 0 Å². The van der Waals surface area contributed by atoms with E-state index in [1.165, 1.54) is 22.3 Å². The predicted molar refractivity (Wildman–Crippen MR) is 132 cm³/mol. The minimum Gasteiger partial charge on any atom is -0.338 e. The second kappa shape index (κ2) is 7.20. The van der Waals surface area contributed by atoms with Crippen molar-refractivity contribution in [2.24, 2.45) is 0 Å². The molecule has 0 aliphatic heterocycles. The van der Waals surface area contributed by atoms with Gasteiger partial charge in [-0.05, 0) is 60.4 Å². The van der Waals surface area contributed by atoms with Gasteiger partial charge in [-0.3, -0.25) is 0 Å². The van der Waals surface area contributed by atoms with Crippen molar-refractivity contribution in [2.75, 3.05) is 0 Å². The molecule has 0 bridgehead atoms. The summed E-state index contributed by atoms with van der Waals surface area (Å²) in [6.45, 7) is 4.18. The van der Waals surface area contributed by atoms with Crippen LogP contribution in [-0.2, 0) is 0 Å². The molecule has 0 saturated heterocycles. The molecule has 0 unspecified atom stereocenters. The van der Waals surface area contributed by atoms with Gasteiger partial charge in [0, 0.05) is 11.1 Å². The lowest BCUT2D eigenvalue weighted by Gasteiger charge is -2.04. The minimum absolute atomic E-state index is 0.896. The molecule has 4 heteroatoms.